The summed E-state index contributed by atoms with van der Waals surface area (Å²) in [6, 6.07) is 8.06. The van der Waals surface area contributed by atoms with Gasteiger partial charge in [-0.15, -0.1) is 0 Å². The highest BCUT2D eigenvalue weighted by molar-refractivity contribution is 6.00. The number of benzene rings is 1. The van der Waals surface area contributed by atoms with E-state index < -0.39 is 0 Å². The zero-order valence-electron chi connectivity index (χ0n) is 13.8. The number of amides is 2. The summed E-state index contributed by atoms with van der Waals surface area (Å²) in [5.41, 5.74) is 3.37. The molecule has 2 amide bonds. The van der Waals surface area contributed by atoms with E-state index in [0.29, 0.717) is 13.0 Å². The summed E-state index contributed by atoms with van der Waals surface area (Å²) in [7, 11) is 0. The maximum absolute atomic E-state index is 12.6. The Labute approximate surface area is 137 Å². The van der Waals surface area contributed by atoms with Gasteiger partial charge in [-0.05, 0) is 37.0 Å². The highest BCUT2D eigenvalue weighted by atomic mass is 16.2. The van der Waals surface area contributed by atoms with E-state index in [1.54, 1.807) is 4.90 Å². The molecular weight excluding hydrogens is 288 g/mol. The van der Waals surface area contributed by atoms with Crippen molar-refractivity contribution in [2.45, 2.75) is 32.6 Å². The zero-order chi connectivity index (χ0) is 16.4. The van der Waals surface area contributed by atoms with Gasteiger partial charge in [-0.1, -0.05) is 31.2 Å². The Balaban J connectivity index is 1.66. The summed E-state index contributed by atoms with van der Waals surface area (Å²) in [5, 5.41) is 0. The lowest BCUT2D eigenvalue weighted by Crippen LogP contribution is -2.41. The van der Waals surface area contributed by atoms with Crippen LogP contribution in [0.25, 0.3) is 0 Å². The molecule has 2 fully saturated rings. The first-order valence-corrected chi connectivity index (χ1v) is 8.43. The van der Waals surface area contributed by atoms with Gasteiger partial charge in [0, 0.05) is 31.7 Å². The summed E-state index contributed by atoms with van der Waals surface area (Å²) in [6.45, 7) is 8.08. The Kier molecular flexibility index (Phi) is 4.51. The van der Waals surface area contributed by atoms with Gasteiger partial charge in [-0.3, -0.25) is 9.59 Å². The fourth-order valence-electron chi connectivity index (χ4n) is 3.34. The molecule has 23 heavy (non-hydrogen) atoms. The van der Waals surface area contributed by atoms with Crippen LogP contribution in [0.5, 0.6) is 0 Å². The van der Waals surface area contributed by atoms with E-state index in [-0.39, 0.29) is 17.7 Å². The molecule has 4 heteroatoms. The molecule has 2 aliphatic rings. The number of hydrogen-bond donors (Lipinski definition) is 0. The maximum atomic E-state index is 12.6. The Morgan fingerprint density at radius 1 is 1.22 bits per heavy atom. The molecule has 1 aromatic carbocycles. The fourth-order valence-corrected chi connectivity index (χ4v) is 3.34. The number of piperidine rings is 1. The average Bonchev–Trinajstić information content (AvgIpc) is 2.97. The molecule has 4 nitrogen and oxygen atoms in total. The summed E-state index contributed by atoms with van der Waals surface area (Å²) in [4.78, 5) is 28.6. The van der Waals surface area contributed by atoms with Crippen molar-refractivity contribution in [1.29, 1.82) is 0 Å². The molecule has 1 aromatic rings. The first-order valence-electron chi connectivity index (χ1n) is 8.43. The van der Waals surface area contributed by atoms with Gasteiger partial charge in [0.05, 0.1) is 5.92 Å². The molecule has 0 spiro atoms. The van der Waals surface area contributed by atoms with Crippen LogP contribution in [-0.4, -0.2) is 36.3 Å². The summed E-state index contributed by atoms with van der Waals surface area (Å²) in [5.74, 6) is -0.0349. The number of carbonyl (C=O) groups excluding carboxylic acids is 2. The van der Waals surface area contributed by atoms with E-state index in [4.69, 9.17) is 0 Å². The third-order valence-corrected chi connectivity index (χ3v) is 4.91. The number of rotatable bonds is 3. The van der Waals surface area contributed by atoms with Crippen LogP contribution in [0.2, 0.25) is 0 Å². The van der Waals surface area contributed by atoms with Gasteiger partial charge in [0.1, 0.15) is 0 Å². The minimum atomic E-state index is -0.209. The van der Waals surface area contributed by atoms with E-state index in [0.717, 1.165) is 38.0 Å². The molecule has 0 radical (unpaired) electrons. The third kappa shape index (κ3) is 3.31. The van der Waals surface area contributed by atoms with Crippen LogP contribution in [0.1, 0.15) is 31.7 Å². The van der Waals surface area contributed by atoms with E-state index in [9.17, 15) is 9.59 Å². The van der Waals surface area contributed by atoms with Crippen molar-refractivity contribution in [2.24, 2.45) is 5.92 Å². The van der Waals surface area contributed by atoms with Gasteiger partial charge in [0.25, 0.3) is 0 Å². The normalized spacial score (nSPS) is 21.9. The Morgan fingerprint density at radius 3 is 2.48 bits per heavy atom. The van der Waals surface area contributed by atoms with Crippen LogP contribution in [0, 0.1) is 5.92 Å². The van der Waals surface area contributed by atoms with E-state index in [2.05, 4.69) is 13.5 Å². The molecule has 2 aliphatic heterocycles. The first kappa shape index (κ1) is 15.8. The van der Waals surface area contributed by atoms with Crippen molar-refractivity contribution >= 4 is 17.5 Å². The van der Waals surface area contributed by atoms with Crippen LogP contribution in [0.3, 0.4) is 0 Å². The molecule has 3 rings (SSSR count). The topological polar surface area (TPSA) is 40.6 Å². The lowest BCUT2D eigenvalue weighted by Gasteiger charge is -2.30. The van der Waals surface area contributed by atoms with Crippen LogP contribution >= 0.6 is 0 Å². The quantitative estimate of drug-likeness (QED) is 0.805. The number of likely N-dealkylation sites (tertiary alicyclic amines) is 1. The lowest BCUT2D eigenvalue weighted by atomic mass is 10.0. The fraction of sp³-hybridized carbons (Fsp3) is 0.474. The third-order valence-electron chi connectivity index (χ3n) is 4.91. The Morgan fingerprint density at radius 2 is 1.87 bits per heavy atom. The molecule has 0 aromatic heterocycles. The predicted octanol–water partition coefficient (Wildman–Crippen LogP) is 2.78. The van der Waals surface area contributed by atoms with Crippen LogP contribution in [0.4, 0.5) is 5.69 Å². The molecule has 0 N–H and O–H groups in total. The van der Waals surface area contributed by atoms with Crippen LogP contribution in [0.15, 0.2) is 36.4 Å². The molecule has 2 heterocycles. The number of anilines is 1. The molecule has 2 saturated heterocycles. The maximum Gasteiger partial charge on any atom is 0.228 e. The van der Waals surface area contributed by atoms with E-state index >= 15 is 0 Å². The smallest absolute Gasteiger partial charge is 0.228 e. The summed E-state index contributed by atoms with van der Waals surface area (Å²) < 4.78 is 0. The first-order chi connectivity index (χ1) is 11.1. The summed E-state index contributed by atoms with van der Waals surface area (Å²) >= 11 is 0. The molecule has 0 saturated carbocycles. The number of hydrogen-bond acceptors (Lipinski definition) is 2. The molecule has 1 atom stereocenters. The second-order valence-corrected chi connectivity index (χ2v) is 6.50. The van der Waals surface area contributed by atoms with Gasteiger partial charge >= 0.3 is 0 Å². The lowest BCUT2D eigenvalue weighted by molar-refractivity contribution is -0.136. The molecule has 0 aliphatic carbocycles. The zero-order valence-corrected chi connectivity index (χ0v) is 13.8. The van der Waals surface area contributed by atoms with Crippen molar-refractivity contribution in [3.8, 4) is 0 Å². The predicted molar refractivity (Wildman–Crippen MR) is 91.2 cm³/mol. The highest BCUT2D eigenvalue weighted by Crippen LogP contribution is 2.28. The number of carbonyl (C=O) groups is 2. The Hall–Kier alpha value is -2.10. The largest absolute Gasteiger partial charge is 0.342 e. The van der Waals surface area contributed by atoms with Crippen molar-refractivity contribution in [2.75, 3.05) is 24.5 Å². The van der Waals surface area contributed by atoms with Crippen LogP contribution in [-0.2, 0) is 16.0 Å². The standard InChI is InChI=1S/C19H24N2O2/c1-3-15-4-6-17(7-5-15)21-13-16(12-18(21)22)19(23)20-10-8-14(2)9-11-20/h4-7,16H,2-3,8-13H2,1H3. The van der Waals surface area contributed by atoms with Gasteiger partial charge in [0.15, 0.2) is 0 Å². The molecule has 0 bridgehead atoms. The second kappa shape index (κ2) is 6.57. The Bertz CT molecular complexity index is 611. The van der Waals surface area contributed by atoms with E-state index in [1.807, 2.05) is 29.2 Å². The monoisotopic (exact) mass is 312 g/mol. The summed E-state index contributed by atoms with van der Waals surface area (Å²) in [6.07, 6.45) is 3.07. The van der Waals surface area contributed by atoms with Crippen molar-refractivity contribution in [3.05, 3.63) is 42.0 Å². The number of aryl methyl sites for hydroxylation is 1. The van der Waals surface area contributed by atoms with Crippen LogP contribution < -0.4 is 4.90 Å². The number of nitrogens with zero attached hydrogens (tertiary/aromatic N) is 2. The average molecular weight is 312 g/mol. The molecule has 1 unspecified atom stereocenters. The minimum absolute atomic E-state index is 0.0500. The van der Waals surface area contributed by atoms with Crippen molar-refractivity contribution < 1.29 is 9.59 Å². The molecule has 122 valence electrons. The van der Waals surface area contributed by atoms with Crippen molar-refractivity contribution in [3.63, 3.8) is 0 Å². The van der Waals surface area contributed by atoms with Gasteiger partial charge < -0.3 is 9.80 Å². The van der Waals surface area contributed by atoms with E-state index in [1.165, 1.54) is 11.1 Å². The second-order valence-electron chi connectivity index (χ2n) is 6.50. The van der Waals surface area contributed by atoms with Crippen molar-refractivity contribution in [1.82, 2.24) is 4.90 Å². The minimum Gasteiger partial charge on any atom is -0.342 e. The highest BCUT2D eigenvalue weighted by Gasteiger charge is 2.37. The SMILES string of the molecule is C=C1CCN(C(=O)C2CC(=O)N(c3ccc(CC)cc3)C2)CC1. The molecular formula is C19H24N2O2. The van der Waals surface area contributed by atoms with Gasteiger partial charge in [0.2, 0.25) is 11.8 Å². The van der Waals surface area contributed by atoms with Gasteiger partial charge in [-0.25, -0.2) is 0 Å². The van der Waals surface area contributed by atoms with Gasteiger partial charge in [-0.2, -0.15) is 0 Å².